The number of alkyl halides is 2. The van der Waals surface area contributed by atoms with E-state index in [9.17, 15) is 18.4 Å². The van der Waals surface area contributed by atoms with Crippen LogP contribution < -0.4 is 20.7 Å². The number of hydrogen-bond acceptors (Lipinski definition) is 6. The third kappa shape index (κ3) is 6.59. The van der Waals surface area contributed by atoms with Gasteiger partial charge in [-0.05, 0) is 36.5 Å². The molecule has 2 aromatic rings. The van der Waals surface area contributed by atoms with Crippen LogP contribution in [0.15, 0.2) is 42.5 Å². The van der Waals surface area contributed by atoms with Gasteiger partial charge >= 0.3 is 6.61 Å². The van der Waals surface area contributed by atoms with Crippen molar-refractivity contribution in [2.24, 2.45) is 0 Å². The summed E-state index contributed by atoms with van der Waals surface area (Å²) in [4.78, 5) is 26.9. The molecule has 1 saturated heterocycles. The zero-order valence-corrected chi connectivity index (χ0v) is 18.7. The SMILES string of the molecule is CNC(=O)c1ccc(C(=O)NC(=S)N2CCOCC2)cc1NCc1ccccc1OC(F)F. The van der Waals surface area contributed by atoms with Gasteiger partial charge in [-0.3, -0.25) is 14.9 Å². The first-order valence-corrected chi connectivity index (χ1v) is 10.6. The number of ether oxygens (including phenoxy) is 2. The Bertz CT molecular complexity index is 1020. The number of nitrogens with zero attached hydrogens (tertiary/aromatic N) is 1. The van der Waals surface area contributed by atoms with Gasteiger partial charge in [0.2, 0.25) is 0 Å². The second-order valence-electron chi connectivity index (χ2n) is 7.04. The van der Waals surface area contributed by atoms with Crippen molar-refractivity contribution in [1.29, 1.82) is 0 Å². The molecule has 0 saturated carbocycles. The van der Waals surface area contributed by atoms with Gasteiger partial charge in [-0.2, -0.15) is 8.78 Å². The van der Waals surface area contributed by atoms with Gasteiger partial charge in [-0.15, -0.1) is 0 Å². The lowest BCUT2D eigenvalue weighted by atomic mass is 10.1. The van der Waals surface area contributed by atoms with Crippen molar-refractivity contribution in [3.8, 4) is 5.75 Å². The highest BCUT2D eigenvalue weighted by Gasteiger charge is 2.19. The average Bonchev–Trinajstić information content (AvgIpc) is 2.83. The first-order chi connectivity index (χ1) is 15.9. The number of halogens is 2. The van der Waals surface area contributed by atoms with Gasteiger partial charge in [-0.25, -0.2) is 0 Å². The molecule has 0 radical (unpaired) electrons. The smallest absolute Gasteiger partial charge is 0.387 e. The van der Waals surface area contributed by atoms with Gasteiger partial charge in [0.15, 0.2) is 5.11 Å². The number of carbonyl (C=O) groups excluding carboxylic acids is 2. The van der Waals surface area contributed by atoms with E-state index in [0.29, 0.717) is 42.7 Å². The van der Waals surface area contributed by atoms with Crippen LogP contribution in [-0.4, -0.2) is 61.8 Å². The minimum atomic E-state index is -2.96. The van der Waals surface area contributed by atoms with Gasteiger partial charge in [0.05, 0.1) is 18.8 Å². The summed E-state index contributed by atoms with van der Waals surface area (Å²) >= 11 is 5.32. The molecule has 1 aliphatic rings. The maximum absolute atomic E-state index is 12.8. The molecule has 176 valence electrons. The second kappa shape index (κ2) is 11.5. The van der Waals surface area contributed by atoms with Gasteiger partial charge < -0.3 is 25.0 Å². The predicted octanol–water partition coefficient (Wildman–Crippen LogP) is 2.61. The highest BCUT2D eigenvalue weighted by Crippen LogP contribution is 2.24. The van der Waals surface area contributed by atoms with E-state index in [1.807, 2.05) is 4.90 Å². The number of benzene rings is 2. The van der Waals surface area contributed by atoms with E-state index in [1.54, 1.807) is 18.2 Å². The van der Waals surface area contributed by atoms with Crippen LogP contribution in [0.4, 0.5) is 14.5 Å². The number of para-hydroxylation sites is 1. The number of amides is 2. The highest BCUT2D eigenvalue weighted by atomic mass is 32.1. The molecular formula is C22H24F2N4O4S. The van der Waals surface area contributed by atoms with Crippen molar-refractivity contribution in [2.75, 3.05) is 38.7 Å². The van der Waals surface area contributed by atoms with Gasteiger partial charge in [-0.1, -0.05) is 18.2 Å². The Balaban J connectivity index is 1.78. The van der Waals surface area contributed by atoms with Gasteiger partial charge in [0.25, 0.3) is 11.8 Å². The average molecular weight is 479 g/mol. The highest BCUT2D eigenvalue weighted by molar-refractivity contribution is 7.80. The summed E-state index contributed by atoms with van der Waals surface area (Å²) in [5, 5.41) is 8.57. The molecule has 11 heteroatoms. The number of rotatable bonds is 7. The largest absolute Gasteiger partial charge is 0.434 e. The van der Waals surface area contributed by atoms with Crippen LogP contribution in [0, 0.1) is 0 Å². The summed E-state index contributed by atoms with van der Waals surface area (Å²) in [7, 11) is 1.49. The second-order valence-corrected chi connectivity index (χ2v) is 7.42. The van der Waals surface area contributed by atoms with Crippen LogP contribution in [0.2, 0.25) is 0 Å². The zero-order chi connectivity index (χ0) is 23.8. The summed E-state index contributed by atoms with van der Waals surface area (Å²) in [5.74, 6) is -0.781. The Labute approximate surface area is 195 Å². The summed E-state index contributed by atoms with van der Waals surface area (Å²) in [6, 6.07) is 10.9. The molecule has 0 aliphatic carbocycles. The van der Waals surface area contributed by atoms with E-state index in [2.05, 4.69) is 20.7 Å². The maximum Gasteiger partial charge on any atom is 0.387 e. The van der Waals surface area contributed by atoms with Crippen LogP contribution in [0.3, 0.4) is 0 Å². The van der Waals surface area contributed by atoms with Crippen molar-refractivity contribution >= 4 is 34.8 Å². The Hall–Kier alpha value is -3.31. The van der Waals surface area contributed by atoms with E-state index < -0.39 is 12.5 Å². The molecule has 1 fully saturated rings. The fraction of sp³-hybridized carbons (Fsp3) is 0.318. The minimum Gasteiger partial charge on any atom is -0.434 e. The topological polar surface area (TPSA) is 91.9 Å². The molecule has 1 heterocycles. The first-order valence-electron chi connectivity index (χ1n) is 10.2. The number of anilines is 1. The van der Waals surface area contributed by atoms with Crippen LogP contribution >= 0.6 is 12.2 Å². The van der Waals surface area contributed by atoms with Crippen molar-refractivity contribution in [2.45, 2.75) is 13.2 Å². The minimum absolute atomic E-state index is 0.0197. The zero-order valence-electron chi connectivity index (χ0n) is 17.9. The van der Waals surface area contributed by atoms with Crippen molar-refractivity contribution < 1.29 is 27.8 Å². The van der Waals surface area contributed by atoms with Crippen LogP contribution in [0.1, 0.15) is 26.3 Å². The molecule has 1 aliphatic heterocycles. The molecule has 0 unspecified atom stereocenters. The maximum atomic E-state index is 12.8. The lowest BCUT2D eigenvalue weighted by Gasteiger charge is -2.29. The van der Waals surface area contributed by atoms with Crippen molar-refractivity contribution in [3.05, 3.63) is 59.2 Å². The van der Waals surface area contributed by atoms with E-state index in [0.717, 1.165) is 0 Å². The summed E-state index contributed by atoms with van der Waals surface area (Å²) in [5.41, 5.74) is 1.38. The molecule has 2 amide bonds. The monoisotopic (exact) mass is 478 g/mol. The van der Waals surface area contributed by atoms with Crippen LogP contribution in [-0.2, 0) is 11.3 Å². The Morgan fingerprint density at radius 1 is 1.15 bits per heavy atom. The molecule has 8 nitrogen and oxygen atoms in total. The first kappa shape index (κ1) is 24.3. The van der Waals surface area contributed by atoms with Gasteiger partial charge in [0, 0.05) is 43.5 Å². The fourth-order valence-electron chi connectivity index (χ4n) is 3.23. The standard InChI is InChI=1S/C22H24F2N4O4S/c1-25-20(30)16-7-6-14(19(29)27-22(33)28-8-10-31-11-9-28)12-17(16)26-13-15-4-2-3-5-18(15)32-21(23)24/h2-7,12,21,26H,8-11,13H2,1H3,(H,25,30)(H,27,29,33). The molecule has 33 heavy (non-hydrogen) atoms. The van der Waals surface area contributed by atoms with Crippen LogP contribution in [0.5, 0.6) is 5.75 Å². The van der Waals surface area contributed by atoms with Crippen molar-refractivity contribution in [3.63, 3.8) is 0 Å². The molecule has 2 aromatic carbocycles. The summed E-state index contributed by atoms with van der Waals surface area (Å²) < 4.78 is 35.2. The van der Waals surface area contributed by atoms with Gasteiger partial charge in [0.1, 0.15) is 5.75 Å². The summed E-state index contributed by atoms with van der Waals surface area (Å²) in [6.45, 7) is -0.647. The molecule has 0 bridgehead atoms. The lowest BCUT2D eigenvalue weighted by Crippen LogP contribution is -2.47. The molecule has 3 rings (SSSR count). The Kier molecular flexibility index (Phi) is 8.50. The van der Waals surface area contributed by atoms with Crippen molar-refractivity contribution in [1.82, 2.24) is 15.5 Å². The normalized spacial score (nSPS) is 13.4. The van der Waals surface area contributed by atoms with Crippen LogP contribution in [0.25, 0.3) is 0 Å². The lowest BCUT2D eigenvalue weighted by molar-refractivity contribution is -0.0504. The Morgan fingerprint density at radius 3 is 2.58 bits per heavy atom. The molecule has 0 atom stereocenters. The third-order valence-corrected chi connectivity index (χ3v) is 5.29. The predicted molar refractivity (Wildman–Crippen MR) is 123 cm³/mol. The van der Waals surface area contributed by atoms with E-state index in [4.69, 9.17) is 17.0 Å². The number of carbonyl (C=O) groups is 2. The molecule has 0 spiro atoms. The van der Waals surface area contributed by atoms with E-state index in [-0.39, 0.29) is 29.3 Å². The quantitative estimate of drug-likeness (QED) is 0.527. The number of thiocarbonyl (C=S) groups is 1. The number of morpholine rings is 1. The number of hydrogen-bond donors (Lipinski definition) is 3. The Morgan fingerprint density at radius 2 is 1.88 bits per heavy atom. The molecule has 0 aromatic heterocycles. The molecule has 3 N–H and O–H groups in total. The molecular weight excluding hydrogens is 454 g/mol. The van der Waals surface area contributed by atoms with E-state index in [1.165, 1.54) is 31.3 Å². The number of nitrogens with one attached hydrogen (secondary N) is 3. The third-order valence-electron chi connectivity index (χ3n) is 4.93. The fourth-order valence-corrected chi connectivity index (χ4v) is 3.51. The van der Waals surface area contributed by atoms with E-state index >= 15 is 0 Å². The summed E-state index contributed by atoms with van der Waals surface area (Å²) in [6.07, 6.45) is 0.